The Hall–Kier alpha value is -1.43. The normalized spacial score (nSPS) is 20.3. The van der Waals surface area contributed by atoms with Crippen LogP contribution >= 0.6 is 15.9 Å². The summed E-state index contributed by atoms with van der Waals surface area (Å²) in [7, 11) is 1.34. The molecule has 0 bridgehead atoms. The van der Waals surface area contributed by atoms with Gasteiger partial charge in [-0.05, 0) is 40.3 Å². The molecule has 1 saturated heterocycles. The number of piperidine rings is 1. The highest BCUT2D eigenvalue weighted by Gasteiger charge is 2.45. The highest BCUT2D eigenvalue weighted by atomic mass is 79.9. The van der Waals surface area contributed by atoms with Gasteiger partial charge >= 0.3 is 5.97 Å². The van der Waals surface area contributed by atoms with E-state index in [1.165, 1.54) is 7.11 Å². The van der Waals surface area contributed by atoms with Crippen molar-refractivity contribution in [3.63, 3.8) is 0 Å². The van der Waals surface area contributed by atoms with Gasteiger partial charge in [0, 0.05) is 25.9 Å². The number of ketones is 1. The minimum Gasteiger partial charge on any atom is -0.464 e. The minimum atomic E-state index is -0.445. The summed E-state index contributed by atoms with van der Waals surface area (Å²) >= 11 is 3.38. The molecule has 1 saturated carbocycles. The lowest BCUT2D eigenvalue weighted by Gasteiger charge is -2.47. The van der Waals surface area contributed by atoms with Crippen LogP contribution in [0.25, 0.3) is 0 Å². The van der Waals surface area contributed by atoms with Crippen LogP contribution in [0, 0.1) is 5.41 Å². The fourth-order valence-corrected chi connectivity index (χ4v) is 3.72. The van der Waals surface area contributed by atoms with Crippen molar-refractivity contribution in [3.05, 3.63) is 22.4 Å². The van der Waals surface area contributed by atoms with Crippen molar-refractivity contribution in [2.75, 3.05) is 25.1 Å². The number of methoxy groups -OCH3 is 1. The highest BCUT2D eigenvalue weighted by Crippen LogP contribution is 2.47. The average Bonchev–Trinajstić information content (AvgIpc) is 2.46. The number of hydrogen-bond acceptors (Lipinski definition) is 5. The predicted molar refractivity (Wildman–Crippen MR) is 81.4 cm³/mol. The van der Waals surface area contributed by atoms with Crippen LogP contribution in [-0.2, 0) is 9.53 Å². The number of aromatic nitrogens is 1. The molecule has 2 aliphatic rings. The molecule has 0 unspecified atom stereocenters. The van der Waals surface area contributed by atoms with Crippen molar-refractivity contribution in [1.29, 1.82) is 0 Å². The number of carbonyl (C=O) groups is 2. The summed E-state index contributed by atoms with van der Waals surface area (Å²) in [5.41, 5.74) is 1.55. The number of anilines is 1. The number of pyridine rings is 1. The smallest absolute Gasteiger partial charge is 0.357 e. The van der Waals surface area contributed by atoms with Crippen LogP contribution in [0.5, 0.6) is 0 Å². The van der Waals surface area contributed by atoms with Gasteiger partial charge in [-0.15, -0.1) is 0 Å². The van der Waals surface area contributed by atoms with E-state index in [4.69, 9.17) is 0 Å². The molecule has 0 radical (unpaired) electrons. The Morgan fingerprint density at radius 3 is 2.57 bits per heavy atom. The first-order chi connectivity index (χ1) is 10.0. The maximum absolute atomic E-state index is 11.5. The Balaban J connectivity index is 1.70. The van der Waals surface area contributed by atoms with E-state index in [-0.39, 0.29) is 5.41 Å². The summed E-state index contributed by atoms with van der Waals surface area (Å²) in [6.07, 6.45) is 5.32. The Morgan fingerprint density at radius 2 is 2.05 bits per heavy atom. The van der Waals surface area contributed by atoms with Crippen LogP contribution in [0.4, 0.5) is 5.69 Å². The van der Waals surface area contributed by atoms with Crippen LogP contribution < -0.4 is 4.90 Å². The van der Waals surface area contributed by atoms with Crippen molar-refractivity contribution >= 4 is 33.4 Å². The van der Waals surface area contributed by atoms with Crippen LogP contribution in [-0.4, -0.2) is 36.9 Å². The van der Waals surface area contributed by atoms with Crippen molar-refractivity contribution < 1.29 is 14.3 Å². The molecular formula is C15H17BrN2O3. The number of carbonyl (C=O) groups excluding carboxylic acids is 2. The van der Waals surface area contributed by atoms with Gasteiger partial charge in [-0.25, -0.2) is 9.78 Å². The molecule has 1 aromatic heterocycles. The number of nitrogens with zero attached hydrogens (tertiary/aromatic N) is 2. The van der Waals surface area contributed by atoms with Gasteiger partial charge in [0.25, 0.3) is 0 Å². The summed E-state index contributed by atoms with van der Waals surface area (Å²) < 4.78 is 5.33. The van der Waals surface area contributed by atoms with E-state index >= 15 is 0 Å². The number of ether oxygens (including phenoxy) is 1. The quantitative estimate of drug-likeness (QED) is 0.765. The zero-order valence-electron chi connectivity index (χ0n) is 11.9. The Morgan fingerprint density at radius 1 is 1.38 bits per heavy atom. The molecule has 21 heavy (non-hydrogen) atoms. The number of esters is 1. The summed E-state index contributed by atoms with van der Waals surface area (Å²) in [6.45, 7) is 1.86. The second-order valence-electron chi connectivity index (χ2n) is 5.89. The van der Waals surface area contributed by atoms with Crippen LogP contribution in [0.2, 0.25) is 0 Å². The topological polar surface area (TPSA) is 59.5 Å². The maximum Gasteiger partial charge on any atom is 0.357 e. The lowest BCUT2D eigenvalue weighted by molar-refractivity contribution is -0.133. The Kier molecular flexibility index (Phi) is 3.73. The summed E-state index contributed by atoms with van der Waals surface area (Å²) in [4.78, 5) is 29.2. The molecular weight excluding hydrogens is 336 g/mol. The van der Waals surface area contributed by atoms with Crippen molar-refractivity contribution in [1.82, 2.24) is 4.98 Å². The fourth-order valence-electron chi connectivity index (χ4n) is 3.23. The molecule has 0 amide bonds. The van der Waals surface area contributed by atoms with Gasteiger partial charge in [0.05, 0.1) is 23.5 Å². The molecule has 5 nitrogen and oxygen atoms in total. The molecule has 2 heterocycles. The predicted octanol–water partition coefficient (Wildman–Crippen LogP) is 2.58. The van der Waals surface area contributed by atoms with Crippen LogP contribution in [0.15, 0.2) is 16.7 Å². The van der Waals surface area contributed by atoms with E-state index in [0.717, 1.165) is 44.5 Å². The summed E-state index contributed by atoms with van der Waals surface area (Å²) in [6, 6.07) is 1.91. The zero-order valence-corrected chi connectivity index (χ0v) is 13.5. The van der Waals surface area contributed by atoms with Crippen LogP contribution in [0.3, 0.4) is 0 Å². The summed E-state index contributed by atoms with van der Waals surface area (Å²) in [5.74, 6) is -0.0469. The third kappa shape index (κ3) is 2.69. The van der Waals surface area contributed by atoms with Gasteiger partial charge in [0.1, 0.15) is 5.78 Å². The molecule has 112 valence electrons. The molecule has 1 aliphatic carbocycles. The van der Waals surface area contributed by atoms with Gasteiger partial charge in [-0.1, -0.05) is 0 Å². The highest BCUT2D eigenvalue weighted by molar-refractivity contribution is 9.10. The Bertz CT molecular complexity index is 585. The van der Waals surface area contributed by atoms with Gasteiger partial charge in [-0.3, -0.25) is 4.79 Å². The second kappa shape index (κ2) is 5.40. The van der Waals surface area contributed by atoms with E-state index in [1.54, 1.807) is 6.20 Å². The van der Waals surface area contributed by atoms with Crippen molar-refractivity contribution in [2.45, 2.75) is 25.7 Å². The average molecular weight is 353 g/mol. The monoisotopic (exact) mass is 352 g/mol. The van der Waals surface area contributed by atoms with Gasteiger partial charge in [0.15, 0.2) is 5.69 Å². The third-order valence-electron chi connectivity index (χ3n) is 4.54. The lowest BCUT2D eigenvalue weighted by atomic mass is 9.62. The van der Waals surface area contributed by atoms with Gasteiger partial charge < -0.3 is 9.64 Å². The van der Waals surface area contributed by atoms with Crippen molar-refractivity contribution in [3.8, 4) is 0 Å². The lowest BCUT2D eigenvalue weighted by Crippen LogP contribution is -2.47. The molecule has 0 aromatic carbocycles. The second-order valence-corrected chi connectivity index (χ2v) is 6.75. The molecule has 1 aliphatic heterocycles. The van der Waals surface area contributed by atoms with E-state index in [9.17, 15) is 9.59 Å². The third-order valence-corrected chi connectivity index (χ3v) is 5.14. The molecule has 2 fully saturated rings. The van der Waals surface area contributed by atoms with Crippen LogP contribution in [0.1, 0.15) is 36.2 Å². The zero-order chi connectivity index (χ0) is 15.0. The molecule has 6 heteroatoms. The van der Waals surface area contributed by atoms with E-state index in [0.29, 0.717) is 15.9 Å². The van der Waals surface area contributed by atoms with E-state index in [1.807, 2.05) is 6.07 Å². The summed E-state index contributed by atoms with van der Waals surface area (Å²) in [5, 5.41) is 0. The molecule has 3 rings (SSSR count). The maximum atomic E-state index is 11.5. The van der Waals surface area contributed by atoms with Gasteiger partial charge in [-0.2, -0.15) is 0 Å². The molecule has 1 aromatic rings. The Labute approximate surface area is 131 Å². The largest absolute Gasteiger partial charge is 0.464 e. The number of halogens is 1. The minimum absolute atomic E-state index is 0.268. The first-order valence-corrected chi connectivity index (χ1v) is 7.83. The molecule has 0 N–H and O–H groups in total. The first kappa shape index (κ1) is 14.5. The fraction of sp³-hybridized carbons (Fsp3) is 0.533. The number of hydrogen-bond donors (Lipinski definition) is 0. The first-order valence-electron chi connectivity index (χ1n) is 7.03. The van der Waals surface area contributed by atoms with E-state index in [2.05, 4.69) is 30.6 Å². The van der Waals surface area contributed by atoms with Gasteiger partial charge in [0.2, 0.25) is 0 Å². The SMILES string of the molecule is COC(=O)c1ncc(N2CCC3(CC2)CC(=O)C3)cc1Br. The van der Waals surface area contributed by atoms with E-state index < -0.39 is 5.97 Å². The van der Waals surface area contributed by atoms with Crippen molar-refractivity contribution in [2.24, 2.45) is 5.41 Å². The molecule has 1 spiro atoms. The standard InChI is InChI=1S/C15H17BrN2O3/c1-21-14(20)13-12(16)6-10(9-17-13)18-4-2-15(3-5-18)7-11(19)8-15/h6,9H,2-5,7-8H2,1H3. The number of rotatable bonds is 2. The number of Topliss-reactive ketones (excluding diaryl/α,β-unsaturated/α-hetero) is 1. The molecule has 0 atom stereocenters.